The first-order valence-electron chi connectivity index (χ1n) is 10.9. The maximum atomic E-state index is 13.0. The van der Waals surface area contributed by atoms with Gasteiger partial charge in [-0.15, -0.1) is 0 Å². The maximum Gasteiger partial charge on any atom is 0.309 e. The standard InChI is InChI=1S/C23H31FN2O4/c1-15-4-3-5-20(16(15)2)25-21(27)14-30-23(29)18-10-12-26(13-11-18)22(28)17-6-8-19(24)9-7-17/h6-9,15-16,18,20H,3-5,10-14H2,1-2H3,(H,25,27)/t15-,16+,20-/m0/s1. The van der Waals surface area contributed by atoms with Crippen molar-refractivity contribution in [1.29, 1.82) is 0 Å². The summed E-state index contributed by atoms with van der Waals surface area (Å²) in [5.74, 6) is -0.511. The molecule has 7 heteroatoms. The second kappa shape index (κ2) is 10.0. The molecule has 1 aliphatic carbocycles. The molecule has 0 aromatic heterocycles. The number of rotatable bonds is 5. The molecule has 1 heterocycles. The number of piperidine rings is 1. The molecule has 0 spiro atoms. The highest BCUT2D eigenvalue weighted by Crippen LogP contribution is 2.29. The number of halogens is 1. The molecular weight excluding hydrogens is 387 g/mol. The molecule has 1 aromatic carbocycles. The van der Waals surface area contributed by atoms with Crippen molar-refractivity contribution in [3.8, 4) is 0 Å². The number of nitrogens with one attached hydrogen (secondary N) is 1. The molecule has 2 aliphatic rings. The predicted molar refractivity (Wildman–Crippen MR) is 110 cm³/mol. The van der Waals surface area contributed by atoms with Gasteiger partial charge < -0.3 is 15.0 Å². The van der Waals surface area contributed by atoms with Crippen LogP contribution >= 0.6 is 0 Å². The molecule has 3 atom stereocenters. The molecule has 0 radical (unpaired) electrons. The fourth-order valence-electron chi connectivity index (χ4n) is 4.38. The minimum Gasteiger partial charge on any atom is -0.455 e. The van der Waals surface area contributed by atoms with E-state index < -0.39 is 0 Å². The van der Waals surface area contributed by atoms with Crippen LogP contribution in [0, 0.1) is 23.6 Å². The van der Waals surface area contributed by atoms with Crippen molar-refractivity contribution in [3.05, 3.63) is 35.6 Å². The van der Waals surface area contributed by atoms with Crippen LogP contribution in [0.15, 0.2) is 24.3 Å². The zero-order chi connectivity index (χ0) is 21.7. The van der Waals surface area contributed by atoms with E-state index in [1.165, 1.54) is 30.7 Å². The zero-order valence-electron chi connectivity index (χ0n) is 17.7. The average molecular weight is 419 g/mol. The Bertz CT molecular complexity index is 759. The Morgan fingerprint density at radius 1 is 1.07 bits per heavy atom. The third-order valence-corrected chi connectivity index (χ3v) is 6.61. The second-order valence-corrected chi connectivity index (χ2v) is 8.62. The van der Waals surface area contributed by atoms with E-state index in [1.807, 2.05) is 0 Å². The van der Waals surface area contributed by atoms with Crippen molar-refractivity contribution in [2.24, 2.45) is 17.8 Å². The van der Waals surface area contributed by atoms with Gasteiger partial charge in [-0.3, -0.25) is 14.4 Å². The van der Waals surface area contributed by atoms with Gasteiger partial charge in [-0.25, -0.2) is 4.39 Å². The molecule has 164 valence electrons. The number of benzene rings is 1. The maximum absolute atomic E-state index is 13.0. The fraction of sp³-hybridized carbons (Fsp3) is 0.609. The Hall–Kier alpha value is -2.44. The lowest BCUT2D eigenvalue weighted by atomic mass is 9.78. The zero-order valence-corrected chi connectivity index (χ0v) is 17.7. The summed E-state index contributed by atoms with van der Waals surface area (Å²) in [5.41, 5.74) is 0.431. The van der Waals surface area contributed by atoms with Gasteiger partial charge in [0.25, 0.3) is 11.8 Å². The van der Waals surface area contributed by atoms with Gasteiger partial charge in [0.05, 0.1) is 5.92 Å². The molecular formula is C23H31FN2O4. The summed E-state index contributed by atoms with van der Waals surface area (Å²) in [4.78, 5) is 38.7. The van der Waals surface area contributed by atoms with Crippen molar-refractivity contribution >= 4 is 17.8 Å². The number of esters is 1. The van der Waals surface area contributed by atoms with Gasteiger partial charge in [-0.2, -0.15) is 0 Å². The number of hydrogen-bond acceptors (Lipinski definition) is 4. The Morgan fingerprint density at radius 2 is 1.73 bits per heavy atom. The van der Waals surface area contributed by atoms with E-state index in [-0.39, 0.29) is 42.2 Å². The van der Waals surface area contributed by atoms with E-state index in [2.05, 4.69) is 19.2 Å². The molecule has 6 nitrogen and oxygen atoms in total. The summed E-state index contributed by atoms with van der Waals surface area (Å²) in [6.07, 6.45) is 4.23. The smallest absolute Gasteiger partial charge is 0.309 e. The van der Waals surface area contributed by atoms with Crippen LogP contribution in [0.2, 0.25) is 0 Å². The van der Waals surface area contributed by atoms with E-state index in [0.29, 0.717) is 43.3 Å². The molecule has 1 saturated heterocycles. The summed E-state index contributed by atoms with van der Waals surface area (Å²) >= 11 is 0. The van der Waals surface area contributed by atoms with Crippen LogP contribution in [0.5, 0.6) is 0 Å². The minimum atomic E-state index is -0.385. The van der Waals surface area contributed by atoms with Gasteiger partial charge >= 0.3 is 5.97 Å². The van der Waals surface area contributed by atoms with Crippen LogP contribution in [-0.2, 0) is 14.3 Å². The Balaban J connectivity index is 1.40. The van der Waals surface area contributed by atoms with Gasteiger partial charge in [-0.1, -0.05) is 26.7 Å². The van der Waals surface area contributed by atoms with Crippen LogP contribution in [0.25, 0.3) is 0 Å². The quantitative estimate of drug-likeness (QED) is 0.746. The lowest BCUT2D eigenvalue weighted by molar-refractivity contribution is -0.154. The second-order valence-electron chi connectivity index (χ2n) is 8.62. The molecule has 0 bridgehead atoms. The molecule has 0 unspecified atom stereocenters. The van der Waals surface area contributed by atoms with E-state index in [9.17, 15) is 18.8 Å². The van der Waals surface area contributed by atoms with Crippen LogP contribution in [0.1, 0.15) is 56.3 Å². The SMILES string of the molecule is C[C@H]1[C@@H](NC(=O)COC(=O)C2CCN(C(=O)c3ccc(F)cc3)CC2)CCC[C@@H]1C. The molecule has 1 aliphatic heterocycles. The van der Waals surface area contributed by atoms with E-state index in [4.69, 9.17) is 4.74 Å². The third kappa shape index (κ3) is 5.58. The van der Waals surface area contributed by atoms with Crippen molar-refractivity contribution in [2.75, 3.05) is 19.7 Å². The number of hydrogen-bond donors (Lipinski definition) is 1. The largest absolute Gasteiger partial charge is 0.455 e. The number of carbonyl (C=O) groups is 3. The van der Waals surface area contributed by atoms with Crippen LogP contribution in [-0.4, -0.2) is 48.4 Å². The summed E-state index contributed by atoms with van der Waals surface area (Å²) in [6.45, 7) is 4.96. The topological polar surface area (TPSA) is 75.7 Å². The minimum absolute atomic E-state index is 0.140. The predicted octanol–water partition coefficient (Wildman–Crippen LogP) is 3.16. The number of nitrogens with zero attached hydrogens (tertiary/aromatic N) is 1. The fourth-order valence-corrected chi connectivity index (χ4v) is 4.38. The Kier molecular flexibility index (Phi) is 7.45. The number of carbonyl (C=O) groups excluding carboxylic acids is 3. The molecule has 3 rings (SSSR count). The summed E-state index contributed by atoms with van der Waals surface area (Å²) in [5, 5.41) is 3.01. The first-order chi connectivity index (χ1) is 14.3. The first kappa shape index (κ1) is 22.2. The summed E-state index contributed by atoms with van der Waals surface area (Å²) < 4.78 is 18.3. The first-order valence-corrected chi connectivity index (χ1v) is 10.9. The third-order valence-electron chi connectivity index (χ3n) is 6.61. The Labute approximate surface area is 177 Å². The van der Waals surface area contributed by atoms with Crippen LogP contribution in [0.3, 0.4) is 0 Å². The molecule has 2 fully saturated rings. The number of likely N-dealkylation sites (tertiary alicyclic amines) is 1. The monoisotopic (exact) mass is 418 g/mol. The average Bonchev–Trinajstić information content (AvgIpc) is 2.75. The highest BCUT2D eigenvalue weighted by molar-refractivity contribution is 5.94. The van der Waals surface area contributed by atoms with Crippen molar-refractivity contribution < 1.29 is 23.5 Å². The molecule has 1 aromatic rings. The molecule has 1 N–H and O–H groups in total. The van der Waals surface area contributed by atoms with Crippen molar-refractivity contribution in [2.45, 2.75) is 52.0 Å². The van der Waals surface area contributed by atoms with Gasteiger partial charge in [0, 0.05) is 24.7 Å². The lowest BCUT2D eigenvalue weighted by Gasteiger charge is -2.34. The van der Waals surface area contributed by atoms with Gasteiger partial charge in [-0.05, 0) is 55.4 Å². The van der Waals surface area contributed by atoms with Crippen molar-refractivity contribution in [3.63, 3.8) is 0 Å². The normalized spacial score (nSPS) is 24.9. The number of amides is 2. The van der Waals surface area contributed by atoms with Crippen LogP contribution in [0.4, 0.5) is 4.39 Å². The van der Waals surface area contributed by atoms with E-state index >= 15 is 0 Å². The summed E-state index contributed by atoms with van der Waals surface area (Å²) in [6, 6.07) is 5.59. The van der Waals surface area contributed by atoms with Crippen LogP contribution < -0.4 is 5.32 Å². The van der Waals surface area contributed by atoms with Gasteiger partial charge in [0.1, 0.15) is 5.82 Å². The highest BCUT2D eigenvalue weighted by atomic mass is 19.1. The summed E-state index contributed by atoms with van der Waals surface area (Å²) in [7, 11) is 0. The Morgan fingerprint density at radius 3 is 2.40 bits per heavy atom. The lowest BCUT2D eigenvalue weighted by Crippen LogP contribution is -2.45. The van der Waals surface area contributed by atoms with Crippen molar-refractivity contribution in [1.82, 2.24) is 10.2 Å². The van der Waals surface area contributed by atoms with E-state index in [0.717, 1.165) is 12.8 Å². The molecule has 30 heavy (non-hydrogen) atoms. The molecule has 2 amide bonds. The van der Waals surface area contributed by atoms with Gasteiger partial charge in [0.15, 0.2) is 6.61 Å². The number of ether oxygens (including phenoxy) is 1. The molecule has 1 saturated carbocycles. The van der Waals surface area contributed by atoms with Gasteiger partial charge in [0.2, 0.25) is 0 Å². The van der Waals surface area contributed by atoms with E-state index in [1.54, 1.807) is 4.90 Å². The highest BCUT2D eigenvalue weighted by Gasteiger charge is 2.31.